The maximum Gasteiger partial charge on any atom is 0.322 e. The minimum absolute atomic E-state index is 0.259. The molecule has 118 valence electrons. The van der Waals surface area contributed by atoms with Gasteiger partial charge in [-0.25, -0.2) is 4.72 Å². The van der Waals surface area contributed by atoms with Gasteiger partial charge in [-0.15, -0.1) is 0 Å². The Morgan fingerprint density at radius 1 is 1.40 bits per heavy atom. The van der Waals surface area contributed by atoms with Crippen LogP contribution in [0.2, 0.25) is 0 Å². The highest BCUT2D eigenvalue weighted by atomic mass is 32.2. The second-order valence-electron chi connectivity index (χ2n) is 4.83. The van der Waals surface area contributed by atoms with Gasteiger partial charge in [0.15, 0.2) is 0 Å². The molecule has 1 atom stereocenters. The quantitative estimate of drug-likeness (QED) is 0.607. The zero-order chi connectivity index (χ0) is 15.0. The third kappa shape index (κ3) is 5.35. The predicted octanol–water partition coefficient (Wildman–Crippen LogP) is 0.577. The van der Waals surface area contributed by atoms with Crippen LogP contribution in [0.3, 0.4) is 0 Å². The number of piperidine rings is 1. The molecule has 0 radical (unpaired) electrons. The summed E-state index contributed by atoms with van der Waals surface area (Å²) >= 11 is 0. The minimum atomic E-state index is -3.72. The number of carboxylic acid groups (broad SMARTS) is 1. The Labute approximate surface area is 120 Å². The number of carboxylic acids is 1. The van der Waals surface area contributed by atoms with Gasteiger partial charge >= 0.3 is 5.97 Å². The first kappa shape index (κ1) is 17.4. The van der Waals surface area contributed by atoms with Crippen LogP contribution < -0.4 is 4.72 Å². The molecule has 0 aromatic carbocycles. The van der Waals surface area contributed by atoms with Crippen molar-refractivity contribution >= 4 is 16.2 Å². The van der Waals surface area contributed by atoms with Gasteiger partial charge in [0.25, 0.3) is 10.2 Å². The lowest BCUT2D eigenvalue weighted by Gasteiger charge is -2.31. The molecule has 0 amide bonds. The zero-order valence-electron chi connectivity index (χ0n) is 11.9. The van der Waals surface area contributed by atoms with Gasteiger partial charge in [-0.05, 0) is 32.1 Å². The maximum absolute atomic E-state index is 12.1. The lowest BCUT2D eigenvalue weighted by molar-refractivity contribution is -0.142. The number of nitrogens with zero attached hydrogens (tertiary/aromatic N) is 1. The van der Waals surface area contributed by atoms with Gasteiger partial charge in [0.1, 0.15) is 6.04 Å². The van der Waals surface area contributed by atoms with Crippen LogP contribution in [0.25, 0.3) is 0 Å². The Bertz CT molecular complexity index is 399. The molecular formula is C12H24N2O5S. The largest absolute Gasteiger partial charge is 0.480 e. The van der Waals surface area contributed by atoms with Gasteiger partial charge < -0.3 is 9.84 Å². The van der Waals surface area contributed by atoms with E-state index >= 15 is 0 Å². The fraction of sp³-hybridized carbons (Fsp3) is 0.917. The summed E-state index contributed by atoms with van der Waals surface area (Å²) in [6.45, 7) is 3.69. The first-order valence-electron chi connectivity index (χ1n) is 7.06. The first-order valence-corrected chi connectivity index (χ1v) is 8.50. The zero-order valence-corrected chi connectivity index (χ0v) is 12.7. The Kier molecular flexibility index (Phi) is 7.42. The molecular weight excluding hydrogens is 284 g/mol. The number of rotatable bonds is 9. The Hall–Kier alpha value is -0.700. The number of hydrogen-bond donors (Lipinski definition) is 2. The summed E-state index contributed by atoms with van der Waals surface area (Å²) in [7, 11) is -3.72. The van der Waals surface area contributed by atoms with E-state index in [4.69, 9.17) is 9.84 Å². The standard InChI is InChI=1S/C12H24N2O5S/c1-2-9-19-10-5-7-13-20(17,18)14-8-4-3-6-11(14)12(15)16/h11,13H,2-10H2,1H3,(H,15,16). The molecule has 1 aliphatic rings. The number of aliphatic carboxylic acids is 1. The van der Waals surface area contributed by atoms with Gasteiger partial charge in [0, 0.05) is 26.3 Å². The molecule has 0 bridgehead atoms. The van der Waals surface area contributed by atoms with Crippen molar-refractivity contribution in [2.75, 3.05) is 26.3 Å². The van der Waals surface area contributed by atoms with Gasteiger partial charge in [-0.1, -0.05) is 6.92 Å². The van der Waals surface area contributed by atoms with Crippen molar-refractivity contribution in [2.45, 2.75) is 45.1 Å². The van der Waals surface area contributed by atoms with Gasteiger partial charge in [0.2, 0.25) is 0 Å². The Morgan fingerprint density at radius 3 is 2.80 bits per heavy atom. The molecule has 0 aromatic rings. The smallest absolute Gasteiger partial charge is 0.322 e. The van der Waals surface area contributed by atoms with E-state index in [1.807, 2.05) is 6.92 Å². The molecule has 0 spiro atoms. The highest BCUT2D eigenvalue weighted by Gasteiger charge is 2.36. The summed E-state index contributed by atoms with van der Waals surface area (Å²) in [4.78, 5) is 11.1. The molecule has 1 aliphatic heterocycles. The normalized spacial score (nSPS) is 20.9. The molecule has 1 unspecified atom stereocenters. The third-order valence-corrected chi connectivity index (χ3v) is 4.77. The molecule has 0 aliphatic carbocycles. The highest BCUT2D eigenvalue weighted by molar-refractivity contribution is 7.87. The molecule has 1 heterocycles. The molecule has 7 nitrogen and oxygen atoms in total. The molecule has 1 rings (SSSR count). The molecule has 8 heteroatoms. The van der Waals surface area contributed by atoms with Gasteiger partial charge in [-0.3, -0.25) is 4.79 Å². The Balaban J connectivity index is 2.43. The van der Waals surface area contributed by atoms with E-state index in [-0.39, 0.29) is 13.1 Å². The lowest BCUT2D eigenvalue weighted by atomic mass is 10.1. The summed E-state index contributed by atoms with van der Waals surface area (Å²) in [6, 6.07) is -0.947. The number of ether oxygens (including phenoxy) is 1. The van der Waals surface area contributed by atoms with E-state index in [1.165, 1.54) is 0 Å². The summed E-state index contributed by atoms with van der Waals surface area (Å²) < 4.78 is 33.0. The van der Waals surface area contributed by atoms with Crippen molar-refractivity contribution in [2.24, 2.45) is 0 Å². The average Bonchev–Trinajstić information content (AvgIpc) is 2.42. The first-order chi connectivity index (χ1) is 9.49. The fourth-order valence-corrected chi connectivity index (χ4v) is 3.61. The van der Waals surface area contributed by atoms with E-state index in [9.17, 15) is 13.2 Å². The highest BCUT2D eigenvalue weighted by Crippen LogP contribution is 2.19. The number of carbonyl (C=O) groups is 1. The molecule has 1 saturated heterocycles. The van der Waals surface area contributed by atoms with Crippen LogP contribution >= 0.6 is 0 Å². The molecule has 20 heavy (non-hydrogen) atoms. The van der Waals surface area contributed by atoms with Crippen LogP contribution in [-0.4, -0.2) is 56.1 Å². The molecule has 1 fully saturated rings. The van der Waals surface area contributed by atoms with Crippen LogP contribution in [-0.2, 0) is 19.7 Å². The van der Waals surface area contributed by atoms with Crippen molar-refractivity contribution in [1.82, 2.24) is 9.03 Å². The average molecular weight is 308 g/mol. The van der Waals surface area contributed by atoms with Crippen LogP contribution in [0.5, 0.6) is 0 Å². The fourth-order valence-electron chi connectivity index (χ4n) is 2.14. The molecule has 0 saturated carbocycles. The molecule has 2 N–H and O–H groups in total. The van der Waals surface area contributed by atoms with E-state index < -0.39 is 22.2 Å². The number of nitrogens with one attached hydrogen (secondary N) is 1. The monoisotopic (exact) mass is 308 g/mol. The van der Waals surface area contributed by atoms with Crippen molar-refractivity contribution in [1.29, 1.82) is 0 Å². The van der Waals surface area contributed by atoms with Crippen molar-refractivity contribution in [3.8, 4) is 0 Å². The van der Waals surface area contributed by atoms with Crippen molar-refractivity contribution in [3.05, 3.63) is 0 Å². The van der Waals surface area contributed by atoms with Crippen LogP contribution in [0, 0.1) is 0 Å². The predicted molar refractivity (Wildman–Crippen MR) is 74.6 cm³/mol. The van der Waals surface area contributed by atoms with Gasteiger partial charge in [-0.2, -0.15) is 12.7 Å². The minimum Gasteiger partial charge on any atom is -0.480 e. The van der Waals surface area contributed by atoms with E-state index in [2.05, 4.69) is 4.72 Å². The summed E-state index contributed by atoms with van der Waals surface area (Å²) in [6.07, 6.45) is 3.32. The summed E-state index contributed by atoms with van der Waals surface area (Å²) in [5, 5.41) is 9.09. The Morgan fingerprint density at radius 2 is 2.15 bits per heavy atom. The lowest BCUT2D eigenvalue weighted by Crippen LogP contribution is -2.52. The van der Waals surface area contributed by atoms with Crippen LogP contribution in [0.4, 0.5) is 0 Å². The van der Waals surface area contributed by atoms with Crippen LogP contribution in [0.15, 0.2) is 0 Å². The maximum atomic E-state index is 12.1. The van der Waals surface area contributed by atoms with E-state index in [1.54, 1.807) is 0 Å². The molecule has 0 aromatic heterocycles. The van der Waals surface area contributed by atoms with Crippen molar-refractivity contribution in [3.63, 3.8) is 0 Å². The SMILES string of the molecule is CCCOCCCNS(=O)(=O)N1CCCCC1C(=O)O. The van der Waals surface area contributed by atoms with Gasteiger partial charge in [0.05, 0.1) is 0 Å². The topological polar surface area (TPSA) is 95.9 Å². The van der Waals surface area contributed by atoms with Crippen molar-refractivity contribution < 1.29 is 23.1 Å². The van der Waals surface area contributed by atoms with E-state index in [0.29, 0.717) is 32.5 Å². The summed E-state index contributed by atoms with van der Waals surface area (Å²) in [5.41, 5.74) is 0. The van der Waals surface area contributed by atoms with E-state index in [0.717, 1.165) is 17.1 Å². The third-order valence-electron chi connectivity index (χ3n) is 3.15. The second kappa shape index (κ2) is 8.56. The second-order valence-corrected chi connectivity index (χ2v) is 6.53. The van der Waals surface area contributed by atoms with Crippen LogP contribution in [0.1, 0.15) is 39.0 Å². The summed E-state index contributed by atoms with van der Waals surface area (Å²) in [5.74, 6) is -1.08. The number of hydrogen-bond acceptors (Lipinski definition) is 4.